The number of esters is 1. The number of nitrogens with zero attached hydrogens (tertiary/aromatic N) is 1. The Balaban J connectivity index is 1.87. The molecule has 1 atom stereocenters. The van der Waals surface area contributed by atoms with Crippen molar-refractivity contribution in [2.75, 3.05) is 0 Å². The van der Waals surface area contributed by atoms with E-state index in [0.717, 1.165) is 22.9 Å². The lowest BCUT2D eigenvalue weighted by atomic mass is 10.1. The van der Waals surface area contributed by atoms with Crippen molar-refractivity contribution in [1.29, 1.82) is 0 Å². The molecule has 1 heterocycles. The maximum absolute atomic E-state index is 13.5. The summed E-state index contributed by atoms with van der Waals surface area (Å²) in [6.45, 7) is 0. The maximum atomic E-state index is 13.5. The van der Waals surface area contributed by atoms with E-state index in [9.17, 15) is 27.6 Å². The van der Waals surface area contributed by atoms with Crippen molar-refractivity contribution in [1.82, 2.24) is 14.8 Å². The zero-order valence-electron chi connectivity index (χ0n) is 14.1. The number of halogens is 5. The van der Waals surface area contributed by atoms with Crippen molar-refractivity contribution < 1.29 is 22.7 Å². The van der Waals surface area contributed by atoms with Crippen LogP contribution in [0, 0.1) is 0 Å². The van der Waals surface area contributed by atoms with Crippen LogP contribution in [0.5, 0.6) is 0 Å². The van der Waals surface area contributed by atoms with Crippen LogP contribution >= 0.6 is 27.5 Å². The van der Waals surface area contributed by atoms with Gasteiger partial charge in [0.2, 0.25) is 6.10 Å². The second-order valence-electron chi connectivity index (χ2n) is 5.75. The summed E-state index contributed by atoms with van der Waals surface area (Å²) in [5.74, 6) is -1.24. The van der Waals surface area contributed by atoms with Gasteiger partial charge in [0, 0.05) is 15.1 Å². The highest BCUT2D eigenvalue weighted by atomic mass is 79.9. The van der Waals surface area contributed by atoms with Crippen LogP contribution in [-0.2, 0) is 4.74 Å². The normalized spacial score (nSPS) is 12.6. The minimum Gasteiger partial charge on any atom is -0.444 e. The highest BCUT2D eigenvalue weighted by molar-refractivity contribution is 9.10. The van der Waals surface area contributed by atoms with Gasteiger partial charge in [-0.3, -0.25) is 4.98 Å². The fraction of sp³-hybridized carbons (Fsp3) is 0.118. The van der Waals surface area contributed by atoms with Crippen LogP contribution in [0.2, 0.25) is 5.02 Å². The van der Waals surface area contributed by atoms with Crippen molar-refractivity contribution in [3.05, 3.63) is 84.1 Å². The molecule has 3 aromatic rings. The van der Waals surface area contributed by atoms with Crippen LogP contribution in [0.1, 0.15) is 22.0 Å². The van der Waals surface area contributed by atoms with Gasteiger partial charge in [-0.05, 0) is 36.4 Å². The Morgan fingerprint density at radius 2 is 1.79 bits per heavy atom. The van der Waals surface area contributed by atoms with E-state index in [2.05, 4.69) is 25.8 Å². The lowest BCUT2D eigenvalue weighted by Crippen LogP contribution is -2.26. The Bertz CT molecular complexity index is 1170. The van der Waals surface area contributed by atoms with Gasteiger partial charge in [0.1, 0.15) is 0 Å². The average molecular weight is 493 g/mol. The van der Waals surface area contributed by atoms with E-state index >= 15 is 0 Å². The van der Waals surface area contributed by atoms with E-state index in [-0.39, 0.29) is 16.3 Å². The molecular weight excluding hydrogens is 483 g/mol. The number of hydrogen-bond donors (Lipinski definition) is 2. The molecule has 2 N–H and O–H groups in total. The molecule has 0 bridgehead atoms. The summed E-state index contributed by atoms with van der Waals surface area (Å²) in [4.78, 5) is 36.9. The summed E-state index contributed by atoms with van der Waals surface area (Å²) in [5, 5.41) is 1.98. The number of aromatic amines is 2. The topological polar surface area (TPSA) is 96.9 Å². The molecule has 2 aromatic carbocycles. The predicted octanol–water partition coefficient (Wildman–Crippen LogP) is 3.73. The van der Waals surface area contributed by atoms with Crippen molar-refractivity contribution in [2.45, 2.75) is 12.3 Å². The third-order valence-corrected chi connectivity index (χ3v) is 4.59. The third kappa shape index (κ3) is 4.62. The molecular formula is C17H10BrClF3N3O4. The number of nitrogens with one attached hydrogen (secondary N) is 2. The molecule has 29 heavy (non-hydrogen) atoms. The molecule has 1 aromatic heterocycles. The Hall–Kier alpha value is -2.79. The summed E-state index contributed by atoms with van der Waals surface area (Å²) < 4.78 is 46.4. The first kappa shape index (κ1) is 20.9. The zero-order chi connectivity index (χ0) is 21.3. The van der Waals surface area contributed by atoms with E-state index in [0.29, 0.717) is 4.47 Å². The highest BCUT2D eigenvalue weighted by Gasteiger charge is 2.45. The van der Waals surface area contributed by atoms with Gasteiger partial charge < -0.3 is 4.74 Å². The second kappa shape index (κ2) is 7.91. The molecule has 12 heteroatoms. The number of carbonyl (C=O) groups is 1. The number of H-pyrrole nitrogens is 2. The van der Waals surface area contributed by atoms with Gasteiger partial charge in [0.15, 0.2) is 0 Å². The minimum atomic E-state index is -4.90. The molecule has 0 amide bonds. The monoisotopic (exact) mass is 491 g/mol. The van der Waals surface area contributed by atoms with E-state index in [4.69, 9.17) is 11.6 Å². The van der Waals surface area contributed by atoms with Gasteiger partial charge >= 0.3 is 23.5 Å². The number of rotatable bonds is 4. The van der Waals surface area contributed by atoms with Crippen LogP contribution in [-0.4, -0.2) is 26.9 Å². The summed E-state index contributed by atoms with van der Waals surface area (Å²) >= 11 is 8.97. The fourth-order valence-corrected chi connectivity index (χ4v) is 3.23. The molecule has 1 unspecified atom stereocenters. The molecule has 0 spiro atoms. The van der Waals surface area contributed by atoms with Gasteiger partial charge in [-0.15, -0.1) is 0 Å². The molecule has 7 nitrogen and oxygen atoms in total. The zero-order valence-corrected chi connectivity index (χ0v) is 16.4. The van der Waals surface area contributed by atoms with E-state index in [1.54, 1.807) is 0 Å². The van der Waals surface area contributed by atoms with Gasteiger partial charge in [0.25, 0.3) is 0 Å². The SMILES string of the molecule is O=C(OC(c1ccc(Br)cc1Cl)C(F)(F)F)c1ccc(-n2[nH]c(=O)[nH]c2=O)cc1. The Kier molecular flexibility index (Phi) is 5.71. The fourth-order valence-electron chi connectivity index (χ4n) is 2.46. The Morgan fingerprint density at radius 1 is 1.14 bits per heavy atom. The van der Waals surface area contributed by atoms with Gasteiger partial charge in [-0.25, -0.2) is 24.2 Å². The Morgan fingerprint density at radius 3 is 2.31 bits per heavy atom. The van der Waals surface area contributed by atoms with Crippen molar-refractivity contribution >= 4 is 33.5 Å². The highest BCUT2D eigenvalue weighted by Crippen LogP contribution is 2.40. The molecule has 0 aliphatic carbocycles. The number of benzene rings is 2. The van der Waals surface area contributed by atoms with Crippen LogP contribution < -0.4 is 11.4 Å². The summed E-state index contributed by atoms with van der Waals surface area (Å²) in [7, 11) is 0. The predicted molar refractivity (Wildman–Crippen MR) is 100 cm³/mol. The number of aromatic nitrogens is 3. The molecule has 0 aliphatic heterocycles. The smallest absolute Gasteiger partial charge is 0.429 e. The maximum Gasteiger partial charge on any atom is 0.429 e. The lowest BCUT2D eigenvalue weighted by Gasteiger charge is -2.22. The van der Waals surface area contributed by atoms with Gasteiger partial charge in [0.05, 0.1) is 11.3 Å². The average Bonchev–Trinajstić information content (AvgIpc) is 2.97. The molecule has 3 rings (SSSR count). The standard InChI is InChI=1S/C17H10BrClF3N3O4/c18-9-3-6-11(12(19)7-9)13(17(20,21)22)29-14(26)8-1-4-10(5-2-8)25-16(28)23-15(27)24-25/h1-7,13H,(H2,23,24,27,28). The van der Waals surface area contributed by atoms with Crippen LogP contribution in [0.25, 0.3) is 5.69 Å². The number of ether oxygens (including phenoxy) is 1. The third-order valence-electron chi connectivity index (χ3n) is 3.77. The largest absolute Gasteiger partial charge is 0.444 e. The van der Waals surface area contributed by atoms with Crippen LogP contribution in [0.3, 0.4) is 0 Å². The minimum absolute atomic E-state index is 0.188. The number of alkyl halides is 3. The first-order valence-electron chi connectivity index (χ1n) is 7.80. The van der Waals surface area contributed by atoms with E-state index in [1.807, 2.05) is 4.98 Å². The Labute approximate surface area is 173 Å². The molecule has 0 radical (unpaired) electrons. The summed E-state index contributed by atoms with van der Waals surface area (Å²) in [6, 6.07) is 8.55. The first-order valence-corrected chi connectivity index (χ1v) is 8.98. The van der Waals surface area contributed by atoms with Crippen molar-refractivity contribution in [3.63, 3.8) is 0 Å². The van der Waals surface area contributed by atoms with Crippen molar-refractivity contribution in [2.24, 2.45) is 0 Å². The molecule has 0 saturated heterocycles. The lowest BCUT2D eigenvalue weighted by molar-refractivity contribution is -0.207. The van der Waals surface area contributed by atoms with Crippen LogP contribution in [0.15, 0.2) is 56.5 Å². The molecule has 0 fully saturated rings. The first-order chi connectivity index (χ1) is 13.6. The van der Waals surface area contributed by atoms with Gasteiger partial charge in [-0.1, -0.05) is 33.6 Å². The second-order valence-corrected chi connectivity index (χ2v) is 7.07. The number of carbonyl (C=O) groups excluding carboxylic acids is 1. The van der Waals surface area contributed by atoms with E-state index in [1.165, 1.54) is 24.3 Å². The van der Waals surface area contributed by atoms with Gasteiger partial charge in [-0.2, -0.15) is 13.2 Å². The quantitative estimate of drug-likeness (QED) is 0.543. The molecule has 152 valence electrons. The molecule has 0 aliphatic rings. The summed E-state index contributed by atoms with van der Waals surface area (Å²) in [5.41, 5.74) is -1.90. The van der Waals surface area contributed by atoms with Crippen molar-refractivity contribution in [3.8, 4) is 5.69 Å². The number of hydrogen-bond acceptors (Lipinski definition) is 4. The molecule has 0 saturated carbocycles. The summed E-state index contributed by atoms with van der Waals surface area (Å²) in [6.07, 6.45) is -7.47. The van der Waals surface area contributed by atoms with Crippen LogP contribution in [0.4, 0.5) is 13.2 Å². The van der Waals surface area contributed by atoms with E-state index < -0.39 is 35.2 Å².